The van der Waals surface area contributed by atoms with Gasteiger partial charge in [0.2, 0.25) is 5.88 Å². The van der Waals surface area contributed by atoms with E-state index in [0.29, 0.717) is 37.9 Å². The first-order valence-electron chi connectivity index (χ1n) is 9.14. The molecule has 4 rings (SSSR count). The Labute approximate surface area is 158 Å². The summed E-state index contributed by atoms with van der Waals surface area (Å²) in [5, 5.41) is 0. The molecule has 2 aromatic rings. The van der Waals surface area contributed by atoms with Gasteiger partial charge in [-0.25, -0.2) is 14.8 Å². The highest BCUT2D eigenvalue weighted by atomic mass is 16.6. The summed E-state index contributed by atoms with van der Waals surface area (Å²) < 4.78 is 11.3. The molecular weight excluding hydrogens is 346 g/mol. The molecule has 8 nitrogen and oxygen atoms in total. The van der Waals surface area contributed by atoms with Crippen LogP contribution in [0, 0.1) is 13.8 Å². The third-order valence-corrected chi connectivity index (χ3v) is 5.47. The fraction of sp³-hybridized carbons (Fsp3) is 0.474. The molecule has 1 amide bonds. The van der Waals surface area contributed by atoms with E-state index in [9.17, 15) is 4.79 Å². The smallest absolute Gasteiger partial charge is 0.410 e. The summed E-state index contributed by atoms with van der Waals surface area (Å²) in [6.45, 7) is 8.35. The highest BCUT2D eigenvalue weighted by Gasteiger charge is 2.50. The number of nitrogens with zero attached hydrogens (tertiary/aromatic N) is 5. The van der Waals surface area contributed by atoms with Crippen molar-refractivity contribution in [2.75, 3.05) is 31.1 Å². The summed E-state index contributed by atoms with van der Waals surface area (Å²) in [6.07, 6.45) is 3.86. The van der Waals surface area contributed by atoms with Crippen molar-refractivity contribution in [3.63, 3.8) is 0 Å². The highest BCUT2D eigenvalue weighted by Crippen LogP contribution is 2.35. The molecule has 2 aromatic heterocycles. The number of fused-ring (bicyclic) bond motifs is 1. The van der Waals surface area contributed by atoms with Gasteiger partial charge < -0.3 is 14.4 Å². The van der Waals surface area contributed by atoms with Gasteiger partial charge in [0.25, 0.3) is 0 Å². The van der Waals surface area contributed by atoms with Crippen molar-refractivity contribution in [2.24, 2.45) is 0 Å². The lowest BCUT2D eigenvalue weighted by atomic mass is 9.93. The lowest BCUT2D eigenvalue weighted by molar-refractivity contribution is 0.137. The quantitative estimate of drug-likeness (QED) is 0.819. The van der Waals surface area contributed by atoms with Crippen molar-refractivity contribution >= 4 is 11.9 Å². The van der Waals surface area contributed by atoms with Gasteiger partial charge in [-0.3, -0.25) is 9.88 Å². The van der Waals surface area contributed by atoms with E-state index in [2.05, 4.69) is 26.8 Å². The number of amides is 1. The molecule has 8 heteroatoms. The molecule has 1 unspecified atom stereocenters. The summed E-state index contributed by atoms with van der Waals surface area (Å²) in [5.74, 6) is 2.02. The van der Waals surface area contributed by atoms with E-state index in [-0.39, 0.29) is 11.6 Å². The molecule has 0 spiro atoms. The van der Waals surface area contributed by atoms with Crippen molar-refractivity contribution in [1.29, 1.82) is 0 Å². The topological polar surface area (TPSA) is 80.7 Å². The van der Waals surface area contributed by atoms with Gasteiger partial charge in [-0.2, -0.15) is 0 Å². The zero-order chi connectivity index (χ0) is 19.0. The molecule has 2 fully saturated rings. The Hall–Kier alpha value is -2.90. The molecule has 4 heterocycles. The first-order valence-corrected chi connectivity index (χ1v) is 9.14. The number of cyclic esters (lactones) is 1. The van der Waals surface area contributed by atoms with Crippen LogP contribution in [0.15, 0.2) is 24.7 Å². The average molecular weight is 369 g/mol. The number of aryl methyl sites for hydroxylation is 1. The van der Waals surface area contributed by atoms with Crippen molar-refractivity contribution in [2.45, 2.75) is 32.7 Å². The van der Waals surface area contributed by atoms with Gasteiger partial charge in [0, 0.05) is 25.8 Å². The van der Waals surface area contributed by atoms with Crippen LogP contribution in [0.1, 0.15) is 24.6 Å². The molecule has 2 saturated heterocycles. The number of rotatable bonds is 4. The van der Waals surface area contributed by atoms with Crippen LogP contribution in [0.3, 0.4) is 0 Å². The summed E-state index contributed by atoms with van der Waals surface area (Å²) in [7, 11) is 0. The molecule has 27 heavy (non-hydrogen) atoms. The maximum absolute atomic E-state index is 12.0. The molecule has 2 aliphatic heterocycles. The minimum Gasteiger partial charge on any atom is -0.447 e. The van der Waals surface area contributed by atoms with Crippen LogP contribution in [0.5, 0.6) is 11.6 Å². The van der Waals surface area contributed by atoms with Gasteiger partial charge in [-0.05, 0) is 32.4 Å². The molecule has 0 aromatic carbocycles. The van der Waals surface area contributed by atoms with Gasteiger partial charge >= 0.3 is 6.09 Å². The Morgan fingerprint density at radius 2 is 2.11 bits per heavy atom. The molecule has 1 atom stereocenters. The third kappa shape index (κ3) is 2.94. The fourth-order valence-corrected chi connectivity index (χ4v) is 3.77. The second-order valence-electron chi connectivity index (χ2n) is 7.02. The van der Waals surface area contributed by atoms with Crippen LogP contribution >= 0.6 is 0 Å². The lowest BCUT2D eigenvalue weighted by Crippen LogP contribution is -2.61. The SMILES string of the molecule is CCC12COC(=O)N1CCN(c1ncnc(Oc3cccnc3C)c1C)C2. The summed E-state index contributed by atoms with van der Waals surface area (Å²) in [4.78, 5) is 29.1. The molecule has 2 aliphatic rings. The molecule has 0 saturated carbocycles. The van der Waals surface area contributed by atoms with Crippen LogP contribution in [-0.4, -0.2) is 57.7 Å². The average Bonchev–Trinajstić information content (AvgIpc) is 3.02. The van der Waals surface area contributed by atoms with E-state index in [4.69, 9.17) is 9.47 Å². The largest absolute Gasteiger partial charge is 0.447 e. The van der Waals surface area contributed by atoms with Crippen molar-refractivity contribution in [3.05, 3.63) is 35.9 Å². The van der Waals surface area contributed by atoms with Crippen molar-refractivity contribution < 1.29 is 14.3 Å². The van der Waals surface area contributed by atoms with Crippen LogP contribution in [0.4, 0.5) is 10.6 Å². The first kappa shape index (κ1) is 17.5. The van der Waals surface area contributed by atoms with Gasteiger partial charge in [0.05, 0.1) is 16.8 Å². The zero-order valence-electron chi connectivity index (χ0n) is 15.8. The maximum Gasteiger partial charge on any atom is 0.410 e. The third-order valence-electron chi connectivity index (χ3n) is 5.47. The number of carbonyl (C=O) groups excluding carboxylic acids is 1. The van der Waals surface area contributed by atoms with Gasteiger partial charge in [0.15, 0.2) is 5.75 Å². The van der Waals surface area contributed by atoms with Crippen molar-refractivity contribution in [1.82, 2.24) is 19.9 Å². The first-order chi connectivity index (χ1) is 13.0. The van der Waals surface area contributed by atoms with E-state index < -0.39 is 0 Å². The molecule has 0 aliphatic carbocycles. The molecule has 0 radical (unpaired) electrons. The van der Waals surface area contributed by atoms with E-state index in [1.54, 1.807) is 6.20 Å². The highest BCUT2D eigenvalue weighted by molar-refractivity contribution is 5.72. The van der Waals surface area contributed by atoms with E-state index in [0.717, 1.165) is 23.5 Å². The Morgan fingerprint density at radius 3 is 2.89 bits per heavy atom. The number of pyridine rings is 1. The number of ether oxygens (including phenoxy) is 2. The maximum atomic E-state index is 12.0. The normalized spacial score (nSPS) is 21.8. The fourth-order valence-electron chi connectivity index (χ4n) is 3.77. The number of hydrogen-bond acceptors (Lipinski definition) is 7. The van der Waals surface area contributed by atoms with Crippen LogP contribution < -0.4 is 9.64 Å². The lowest BCUT2D eigenvalue weighted by Gasteiger charge is -2.45. The van der Waals surface area contributed by atoms with Crippen LogP contribution in [0.25, 0.3) is 0 Å². The predicted octanol–water partition coefficient (Wildman–Crippen LogP) is 2.70. The zero-order valence-corrected chi connectivity index (χ0v) is 15.8. The van der Waals surface area contributed by atoms with Crippen LogP contribution in [0.2, 0.25) is 0 Å². The van der Waals surface area contributed by atoms with Gasteiger partial charge in [0.1, 0.15) is 18.8 Å². The van der Waals surface area contributed by atoms with Gasteiger partial charge in [-0.15, -0.1) is 0 Å². The second kappa shape index (κ2) is 6.68. The second-order valence-corrected chi connectivity index (χ2v) is 7.02. The molecule has 0 N–H and O–H groups in total. The Balaban J connectivity index is 1.61. The monoisotopic (exact) mass is 369 g/mol. The number of hydrogen-bond donors (Lipinski definition) is 0. The minimum atomic E-state index is -0.298. The van der Waals surface area contributed by atoms with Crippen LogP contribution in [-0.2, 0) is 4.74 Å². The Morgan fingerprint density at radius 1 is 1.26 bits per heavy atom. The number of anilines is 1. The number of piperazine rings is 1. The Bertz CT molecular complexity index is 874. The van der Waals surface area contributed by atoms with Crippen molar-refractivity contribution in [3.8, 4) is 11.6 Å². The van der Waals surface area contributed by atoms with E-state index >= 15 is 0 Å². The Kier molecular flexibility index (Phi) is 4.33. The predicted molar refractivity (Wildman–Crippen MR) is 99.1 cm³/mol. The summed E-state index contributed by atoms with van der Waals surface area (Å²) in [5.41, 5.74) is 1.37. The van der Waals surface area contributed by atoms with E-state index in [1.807, 2.05) is 30.9 Å². The summed E-state index contributed by atoms with van der Waals surface area (Å²) >= 11 is 0. The van der Waals surface area contributed by atoms with E-state index in [1.165, 1.54) is 6.33 Å². The molecule has 142 valence electrons. The summed E-state index contributed by atoms with van der Waals surface area (Å²) in [6, 6.07) is 3.71. The van der Waals surface area contributed by atoms with Gasteiger partial charge in [-0.1, -0.05) is 6.92 Å². The standard InChI is InChI=1S/C19H23N5O3/c1-4-19-10-23(8-9-24(19)18(25)26-11-19)16-13(2)17(22-12-21-16)27-15-6-5-7-20-14(15)3/h5-7,12H,4,8-11H2,1-3H3. The number of aromatic nitrogens is 3. The molecule has 0 bridgehead atoms. The number of carbonyl (C=O) groups is 1. The minimum absolute atomic E-state index is 0.216. The molecular formula is C19H23N5O3.